The van der Waals surface area contributed by atoms with Crippen molar-refractivity contribution in [2.45, 2.75) is 25.9 Å². The summed E-state index contributed by atoms with van der Waals surface area (Å²) in [6, 6.07) is 14.8. The first-order valence-electron chi connectivity index (χ1n) is 6.86. The van der Waals surface area contributed by atoms with Crippen LogP contribution in [0.25, 0.3) is 0 Å². The lowest BCUT2D eigenvalue weighted by atomic mass is 10.0. The second kappa shape index (κ2) is 7.06. The highest BCUT2D eigenvalue weighted by atomic mass is 19.1. The van der Waals surface area contributed by atoms with Gasteiger partial charge in [-0.05, 0) is 18.6 Å². The van der Waals surface area contributed by atoms with Gasteiger partial charge in [0.25, 0.3) is 0 Å². The standard InChI is InChI=1S/C17H20FNO/c1-3-16(14-9-5-6-10-15(14)18)19-12-13-8-4-7-11-17(13)20-2/h4-11,16,19H,3,12H2,1-2H3. The third kappa shape index (κ3) is 3.36. The zero-order valence-corrected chi connectivity index (χ0v) is 11.9. The number of methoxy groups -OCH3 is 1. The van der Waals surface area contributed by atoms with Gasteiger partial charge in [0.05, 0.1) is 7.11 Å². The molecule has 0 saturated carbocycles. The molecule has 0 aliphatic carbocycles. The fraction of sp³-hybridized carbons (Fsp3) is 0.294. The van der Waals surface area contributed by atoms with Gasteiger partial charge in [0.2, 0.25) is 0 Å². The van der Waals surface area contributed by atoms with Gasteiger partial charge in [-0.25, -0.2) is 4.39 Å². The summed E-state index contributed by atoms with van der Waals surface area (Å²) < 4.78 is 19.2. The Morgan fingerprint density at radius 1 is 1.10 bits per heavy atom. The van der Waals surface area contributed by atoms with E-state index in [1.54, 1.807) is 13.2 Å². The summed E-state index contributed by atoms with van der Waals surface area (Å²) in [6.07, 6.45) is 0.829. The minimum Gasteiger partial charge on any atom is -0.496 e. The van der Waals surface area contributed by atoms with Crippen LogP contribution in [0.1, 0.15) is 30.5 Å². The van der Waals surface area contributed by atoms with Crippen LogP contribution in [0, 0.1) is 5.82 Å². The van der Waals surface area contributed by atoms with Gasteiger partial charge in [0.15, 0.2) is 0 Å². The first-order chi connectivity index (χ1) is 9.76. The van der Waals surface area contributed by atoms with Gasteiger partial charge in [-0.15, -0.1) is 0 Å². The van der Waals surface area contributed by atoms with Gasteiger partial charge in [-0.1, -0.05) is 43.3 Å². The maximum absolute atomic E-state index is 13.8. The SMILES string of the molecule is CCC(NCc1ccccc1OC)c1ccccc1F. The van der Waals surface area contributed by atoms with E-state index in [2.05, 4.69) is 5.32 Å². The topological polar surface area (TPSA) is 21.3 Å². The van der Waals surface area contributed by atoms with Gasteiger partial charge in [0.1, 0.15) is 11.6 Å². The number of nitrogens with one attached hydrogen (secondary N) is 1. The maximum Gasteiger partial charge on any atom is 0.127 e. The Morgan fingerprint density at radius 2 is 1.80 bits per heavy atom. The van der Waals surface area contributed by atoms with Crippen molar-refractivity contribution in [2.75, 3.05) is 7.11 Å². The van der Waals surface area contributed by atoms with E-state index < -0.39 is 0 Å². The van der Waals surface area contributed by atoms with E-state index >= 15 is 0 Å². The molecule has 20 heavy (non-hydrogen) atoms. The van der Waals surface area contributed by atoms with Crippen molar-refractivity contribution >= 4 is 0 Å². The van der Waals surface area contributed by atoms with Crippen molar-refractivity contribution in [2.24, 2.45) is 0 Å². The van der Waals surface area contributed by atoms with Crippen molar-refractivity contribution in [1.82, 2.24) is 5.32 Å². The quantitative estimate of drug-likeness (QED) is 0.856. The molecule has 0 bridgehead atoms. The van der Waals surface area contributed by atoms with E-state index in [-0.39, 0.29) is 11.9 Å². The lowest BCUT2D eigenvalue weighted by molar-refractivity contribution is 0.403. The first kappa shape index (κ1) is 14.5. The molecule has 0 saturated heterocycles. The number of benzene rings is 2. The van der Waals surface area contributed by atoms with Crippen LogP contribution >= 0.6 is 0 Å². The molecule has 2 nitrogen and oxygen atoms in total. The molecule has 0 amide bonds. The monoisotopic (exact) mass is 273 g/mol. The number of halogens is 1. The van der Waals surface area contributed by atoms with Gasteiger partial charge in [-0.2, -0.15) is 0 Å². The molecule has 0 aliphatic heterocycles. The lowest BCUT2D eigenvalue weighted by Gasteiger charge is -2.19. The van der Waals surface area contributed by atoms with E-state index in [0.29, 0.717) is 12.1 Å². The van der Waals surface area contributed by atoms with E-state index in [9.17, 15) is 4.39 Å². The first-order valence-corrected chi connectivity index (χ1v) is 6.86. The molecule has 0 spiro atoms. The Hall–Kier alpha value is -1.87. The molecule has 0 radical (unpaired) electrons. The van der Waals surface area contributed by atoms with Crippen LogP contribution in [-0.2, 0) is 6.54 Å². The molecule has 0 aromatic heterocycles. The Kier molecular flexibility index (Phi) is 5.13. The van der Waals surface area contributed by atoms with E-state index in [1.807, 2.05) is 43.3 Å². The van der Waals surface area contributed by atoms with Crippen LogP contribution in [0.3, 0.4) is 0 Å². The van der Waals surface area contributed by atoms with Gasteiger partial charge < -0.3 is 10.1 Å². The Balaban J connectivity index is 2.10. The molecular formula is C17H20FNO. The van der Waals surface area contributed by atoms with Crippen LogP contribution in [0.4, 0.5) is 4.39 Å². The Morgan fingerprint density at radius 3 is 2.50 bits per heavy atom. The molecule has 0 heterocycles. The van der Waals surface area contributed by atoms with E-state index in [0.717, 1.165) is 17.7 Å². The Labute approximate surface area is 119 Å². The summed E-state index contributed by atoms with van der Waals surface area (Å²) >= 11 is 0. The van der Waals surface area contributed by atoms with Crippen LogP contribution in [0.15, 0.2) is 48.5 Å². The second-order valence-corrected chi connectivity index (χ2v) is 4.68. The van der Waals surface area contributed by atoms with Crippen LogP contribution in [-0.4, -0.2) is 7.11 Å². The zero-order chi connectivity index (χ0) is 14.4. The van der Waals surface area contributed by atoms with Crippen molar-refractivity contribution < 1.29 is 9.13 Å². The molecule has 3 heteroatoms. The van der Waals surface area contributed by atoms with E-state index in [1.165, 1.54) is 6.07 Å². The molecule has 0 fully saturated rings. The number of hydrogen-bond donors (Lipinski definition) is 1. The number of ether oxygens (including phenoxy) is 1. The molecule has 2 aromatic rings. The third-order valence-electron chi connectivity index (χ3n) is 3.42. The highest BCUT2D eigenvalue weighted by Crippen LogP contribution is 2.22. The average Bonchev–Trinajstić information content (AvgIpc) is 2.50. The summed E-state index contributed by atoms with van der Waals surface area (Å²) in [5.41, 5.74) is 1.79. The fourth-order valence-electron chi connectivity index (χ4n) is 2.31. The highest BCUT2D eigenvalue weighted by Gasteiger charge is 2.13. The Bertz CT molecular complexity index is 556. The average molecular weight is 273 g/mol. The number of para-hydroxylation sites is 1. The molecule has 1 N–H and O–H groups in total. The minimum atomic E-state index is -0.160. The van der Waals surface area contributed by atoms with Crippen molar-refractivity contribution in [3.8, 4) is 5.75 Å². The predicted octanol–water partition coefficient (Wildman–Crippen LogP) is 4.08. The lowest BCUT2D eigenvalue weighted by Crippen LogP contribution is -2.21. The van der Waals surface area contributed by atoms with Gasteiger partial charge in [-0.3, -0.25) is 0 Å². The van der Waals surface area contributed by atoms with Gasteiger partial charge >= 0.3 is 0 Å². The molecule has 1 atom stereocenters. The normalized spacial score (nSPS) is 12.2. The van der Waals surface area contributed by atoms with Gasteiger partial charge in [0, 0.05) is 23.7 Å². The molecule has 106 valence electrons. The number of hydrogen-bond acceptors (Lipinski definition) is 2. The maximum atomic E-state index is 13.8. The molecule has 2 rings (SSSR count). The summed E-state index contributed by atoms with van der Waals surface area (Å²) in [6.45, 7) is 2.70. The third-order valence-corrected chi connectivity index (χ3v) is 3.42. The summed E-state index contributed by atoms with van der Waals surface area (Å²) in [5, 5.41) is 3.40. The zero-order valence-electron chi connectivity index (χ0n) is 11.9. The summed E-state index contributed by atoms with van der Waals surface area (Å²) in [7, 11) is 1.66. The summed E-state index contributed by atoms with van der Waals surface area (Å²) in [5.74, 6) is 0.690. The van der Waals surface area contributed by atoms with Crippen LogP contribution in [0.2, 0.25) is 0 Å². The van der Waals surface area contributed by atoms with E-state index in [4.69, 9.17) is 4.74 Å². The molecular weight excluding hydrogens is 253 g/mol. The van der Waals surface area contributed by atoms with Crippen molar-refractivity contribution in [1.29, 1.82) is 0 Å². The van der Waals surface area contributed by atoms with Crippen molar-refractivity contribution in [3.05, 3.63) is 65.5 Å². The fourth-order valence-corrected chi connectivity index (χ4v) is 2.31. The summed E-state index contributed by atoms with van der Waals surface area (Å²) in [4.78, 5) is 0. The second-order valence-electron chi connectivity index (χ2n) is 4.68. The van der Waals surface area contributed by atoms with Crippen LogP contribution < -0.4 is 10.1 Å². The predicted molar refractivity (Wildman–Crippen MR) is 79.3 cm³/mol. The van der Waals surface area contributed by atoms with Crippen molar-refractivity contribution in [3.63, 3.8) is 0 Å². The van der Waals surface area contributed by atoms with Crippen LogP contribution in [0.5, 0.6) is 5.75 Å². The molecule has 2 aromatic carbocycles. The molecule has 1 unspecified atom stereocenters. The number of rotatable bonds is 6. The molecule has 0 aliphatic rings. The largest absolute Gasteiger partial charge is 0.496 e. The minimum absolute atomic E-state index is 0.00103. The highest BCUT2D eigenvalue weighted by molar-refractivity contribution is 5.33. The smallest absolute Gasteiger partial charge is 0.127 e.